The van der Waals surface area contributed by atoms with Crippen molar-refractivity contribution in [2.24, 2.45) is 5.92 Å². The molecule has 0 spiro atoms. The van der Waals surface area contributed by atoms with Crippen LogP contribution in [-0.4, -0.2) is 15.0 Å². The van der Waals surface area contributed by atoms with Crippen LogP contribution in [0.3, 0.4) is 0 Å². The third kappa shape index (κ3) is 2.05. The van der Waals surface area contributed by atoms with E-state index < -0.39 is 0 Å². The Morgan fingerprint density at radius 3 is 2.82 bits per heavy atom. The molecule has 1 aliphatic carbocycles. The molecule has 0 amide bonds. The van der Waals surface area contributed by atoms with Gasteiger partial charge in [0.15, 0.2) is 4.77 Å². The summed E-state index contributed by atoms with van der Waals surface area (Å²) in [5, 5.41) is 1.12. The van der Waals surface area contributed by atoms with E-state index in [2.05, 4.69) is 23.8 Å². The van der Waals surface area contributed by atoms with Crippen LogP contribution in [-0.2, 0) is 19.3 Å². The Morgan fingerprint density at radius 1 is 1.27 bits per heavy atom. The van der Waals surface area contributed by atoms with Crippen molar-refractivity contribution >= 4 is 44.0 Å². The molecule has 0 aromatic carbocycles. The SMILES string of the molecule is CC(C)Cc1nc2sc3c(=O)[nH]c(=S)[nH]c3c2c2c1CCC2. The third-order valence-electron chi connectivity index (χ3n) is 4.27. The number of aromatic nitrogens is 3. The molecule has 3 heterocycles. The first-order chi connectivity index (χ1) is 10.5. The molecular weight excluding hydrogens is 314 g/mol. The fourth-order valence-corrected chi connectivity index (χ4v) is 4.72. The average Bonchev–Trinajstić information content (AvgIpc) is 3.02. The molecule has 0 saturated carbocycles. The number of nitrogens with zero attached hydrogens (tertiary/aromatic N) is 1. The van der Waals surface area contributed by atoms with E-state index >= 15 is 0 Å². The van der Waals surface area contributed by atoms with E-state index in [1.807, 2.05) is 0 Å². The minimum atomic E-state index is -0.112. The van der Waals surface area contributed by atoms with Gasteiger partial charge in [-0.15, -0.1) is 11.3 Å². The van der Waals surface area contributed by atoms with Gasteiger partial charge in [-0.1, -0.05) is 13.8 Å². The monoisotopic (exact) mass is 331 g/mol. The first kappa shape index (κ1) is 14.1. The minimum Gasteiger partial charge on any atom is -0.330 e. The highest BCUT2D eigenvalue weighted by Gasteiger charge is 2.23. The lowest BCUT2D eigenvalue weighted by atomic mass is 9.99. The number of H-pyrrole nitrogens is 2. The lowest BCUT2D eigenvalue weighted by molar-refractivity contribution is 0.632. The van der Waals surface area contributed by atoms with Gasteiger partial charge in [-0.25, -0.2) is 4.98 Å². The van der Waals surface area contributed by atoms with Crippen LogP contribution < -0.4 is 5.56 Å². The fraction of sp³-hybridized carbons (Fsp3) is 0.438. The second-order valence-corrected chi connectivity index (χ2v) is 7.77. The van der Waals surface area contributed by atoms with Gasteiger partial charge in [0, 0.05) is 11.1 Å². The van der Waals surface area contributed by atoms with Gasteiger partial charge in [-0.3, -0.25) is 9.78 Å². The van der Waals surface area contributed by atoms with Crippen LogP contribution in [0.5, 0.6) is 0 Å². The summed E-state index contributed by atoms with van der Waals surface area (Å²) in [5.41, 5.74) is 4.76. The maximum absolute atomic E-state index is 12.2. The molecule has 0 fully saturated rings. The molecule has 1 aliphatic rings. The highest BCUT2D eigenvalue weighted by molar-refractivity contribution is 7.71. The van der Waals surface area contributed by atoms with Crippen molar-refractivity contribution in [3.05, 3.63) is 31.9 Å². The maximum Gasteiger partial charge on any atom is 0.269 e. The predicted octanol–water partition coefficient (Wildman–Crippen LogP) is 3.88. The number of aryl methyl sites for hydroxylation is 1. The summed E-state index contributed by atoms with van der Waals surface area (Å²) in [6.07, 6.45) is 4.33. The summed E-state index contributed by atoms with van der Waals surface area (Å²) in [6, 6.07) is 0. The van der Waals surface area contributed by atoms with Crippen LogP contribution in [0.1, 0.15) is 37.1 Å². The standard InChI is InChI=1S/C16H17N3OS2/c1-7(2)6-10-8-4-3-5-9(8)11-12-13(22-15(11)17-10)14(20)19-16(21)18-12/h7H,3-6H2,1-2H3,(H2,18,19,20,21). The van der Waals surface area contributed by atoms with Crippen LogP contribution in [0, 0.1) is 10.7 Å². The number of hydrogen-bond acceptors (Lipinski definition) is 4. The zero-order chi connectivity index (χ0) is 15.4. The van der Waals surface area contributed by atoms with Gasteiger partial charge in [0.25, 0.3) is 5.56 Å². The summed E-state index contributed by atoms with van der Waals surface area (Å²) in [5.74, 6) is 0.582. The topological polar surface area (TPSA) is 61.5 Å². The van der Waals surface area contributed by atoms with Crippen LogP contribution in [0.25, 0.3) is 20.4 Å². The van der Waals surface area contributed by atoms with E-state index in [0.717, 1.165) is 35.0 Å². The van der Waals surface area contributed by atoms with Crippen LogP contribution >= 0.6 is 23.6 Å². The highest BCUT2D eigenvalue weighted by Crippen LogP contribution is 2.38. The van der Waals surface area contributed by atoms with Gasteiger partial charge in [0.2, 0.25) is 0 Å². The molecule has 4 nitrogen and oxygen atoms in total. The van der Waals surface area contributed by atoms with E-state index in [0.29, 0.717) is 15.4 Å². The van der Waals surface area contributed by atoms with E-state index in [9.17, 15) is 4.79 Å². The zero-order valence-electron chi connectivity index (χ0n) is 12.6. The molecule has 0 aliphatic heterocycles. The number of nitrogens with one attached hydrogen (secondary N) is 2. The van der Waals surface area contributed by atoms with Crippen molar-refractivity contribution in [2.45, 2.75) is 39.5 Å². The van der Waals surface area contributed by atoms with Gasteiger partial charge in [0.1, 0.15) is 9.53 Å². The fourth-order valence-electron chi connectivity index (χ4n) is 3.45. The summed E-state index contributed by atoms with van der Waals surface area (Å²) < 4.78 is 1.09. The first-order valence-corrected chi connectivity index (χ1v) is 8.86. The normalized spacial score (nSPS) is 14.3. The van der Waals surface area contributed by atoms with Gasteiger partial charge in [-0.05, 0) is 54.9 Å². The Labute approximate surface area is 136 Å². The summed E-state index contributed by atoms with van der Waals surface area (Å²) in [7, 11) is 0. The van der Waals surface area contributed by atoms with Gasteiger partial charge in [0.05, 0.1) is 5.52 Å². The largest absolute Gasteiger partial charge is 0.330 e. The molecular formula is C16H17N3OS2. The van der Waals surface area contributed by atoms with Crippen molar-refractivity contribution in [3.8, 4) is 0 Å². The Hall–Kier alpha value is -1.53. The molecule has 3 aromatic rings. The van der Waals surface area contributed by atoms with Crippen LogP contribution in [0.15, 0.2) is 4.79 Å². The van der Waals surface area contributed by atoms with Gasteiger partial charge in [-0.2, -0.15) is 0 Å². The van der Waals surface area contributed by atoms with E-state index in [1.165, 1.54) is 34.6 Å². The number of hydrogen-bond donors (Lipinski definition) is 2. The van der Waals surface area contributed by atoms with Crippen molar-refractivity contribution in [1.82, 2.24) is 15.0 Å². The summed E-state index contributed by atoms with van der Waals surface area (Å²) in [6.45, 7) is 4.44. The number of pyridine rings is 1. The number of rotatable bonds is 2. The maximum atomic E-state index is 12.2. The molecule has 2 N–H and O–H groups in total. The molecule has 6 heteroatoms. The molecule has 0 unspecified atom stereocenters. The molecule has 3 aromatic heterocycles. The molecule has 4 rings (SSSR count). The van der Waals surface area contributed by atoms with E-state index in [4.69, 9.17) is 17.2 Å². The Morgan fingerprint density at radius 2 is 2.05 bits per heavy atom. The summed E-state index contributed by atoms with van der Waals surface area (Å²) >= 11 is 6.61. The second-order valence-electron chi connectivity index (χ2n) is 6.36. The number of aromatic amines is 2. The highest BCUT2D eigenvalue weighted by atomic mass is 32.1. The van der Waals surface area contributed by atoms with Crippen molar-refractivity contribution < 1.29 is 0 Å². The van der Waals surface area contributed by atoms with Crippen molar-refractivity contribution in [1.29, 1.82) is 0 Å². The number of fused-ring (bicyclic) bond motifs is 5. The average molecular weight is 331 g/mol. The Bertz CT molecular complexity index is 1010. The minimum absolute atomic E-state index is 0.112. The lowest BCUT2D eigenvalue weighted by Crippen LogP contribution is -2.05. The number of thiophene rings is 1. The third-order valence-corrected chi connectivity index (χ3v) is 5.55. The Balaban J connectivity index is 2.15. The van der Waals surface area contributed by atoms with E-state index in [-0.39, 0.29) is 5.56 Å². The molecule has 0 bridgehead atoms. The first-order valence-electron chi connectivity index (χ1n) is 7.64. The molecule has 0 atom stereocenters. The van der Waals surface area contributed by atoms with Crippen molar-refractivity contribution in [2.75, 3.05) is 0 Å². The molecule has 22 heavy (non-hydrogen) atoms. The Kier molecular flexibility index (Phi) is 3.20. The lowest BCUT2D eigenvalue weighted by Gasteiger charge is -2.11. The predicted molar refractivity (Wildman–Crippen MR) is 93.5 cm³/mol. The van der Waals surface area contributed by atoms with Gasteiger partial charge >= 0.3 is 0 Å². The van der Waals surface area contributed by atoms with Crippen LogP contribution in [0.2, 0.25) is 0 Å². The molecule has 0 radical (unpaired) electrons. The van der Waals surface area contributed by atoms with Gasteiger partial charge < -0.3 is 4.98 Å². The summed E-state index contributed by atoms with van der Waals surface area (Å²) in [4.78, 5) is 23.9. The van der Waals surface area contributed by atoms with Crippen molar-refractivity contribution in [3.63, 3.8) is 0 Å². The van der Waals surface area contributed by atoms with Crippen LogP contribution in [0.4, 0.5) is 0 Å². The second kappa shape index (κ2) is 4.99. The molecule has 0 saturated heterocycles. The quantitative estimate of drug-likeness (QED) is 0.701. The zero-order valence-corrected chi connectivity index (χ0v) is 14.2. The molecule has 114 valence electrons. The van der Waals surface area contributed by atoms with E-state index in [1.54, 1.807) is 0 Å². The smallest absolute Gasteiger partial charge is 0.269 e.